The molecule has 0 aromatic rings. The molecule has 4 amide bonds. The molecule has 2 fully saturated rings. The molecule has 2 rings (SSSR count). The molecule has 4 atom stereocenters. The first-order valence-corrected chi connectivity index (χ1v) is 9.64. The van der Waals surface area contributed by atoms with Gasteiger partial charge in [-0.25, -0.2) is 19.2 Å². The van der Waals surface area contributed by atoms with Crippen LogP contribution in [0, 0.1) is 11.8 Å². The van der Waals surface area contributed by atoms with Crippen LogP contribution in [0.5, 0.6) is 0 Å². The number of hydrogen-bond acceptors (Lipinski definition) is 6. The quantitative estimate of drug-likeness (QED) is 0.301. The molecule has 30 heavy (non-hydrogen) atoms. The number of carbonyl (C=O) groups is 6. The topological polar surface area (TPSA) is 219 Å². The number of carboxylic acids is 2. The summed E-state index contributed by atoms with van der Waals surface area (Å²) in [4.78, 5) is 65.1. The van der Waals surface area contributed by atoms with Crippen molar-refractivity contribution in [3.05, 3.63) is 0 Å². The third-order valence-corrected chi connectivity index (χ3v) is 5.13. The van der Waals surface area contributed by atoms with Crippen molar-refractivity contribution in [2.24, 2.45) is 23.3 Å². The van der Waals surface area contributed by atoms with E-state index in [4.69, 9.17) is 21.7 Å². The molecule has 0 aromatic carbocycles. The van der Waals surface area contributed by atoms with Crippen LogP contribution in [0.1, 0.15) is 51.4 Å². The minimum atomic E-state index is -1.16. The maximum absolute atomic E-state index is 11.3. The number of urea groups is 2. The second kappa shape index (κ2) is 11.7. The van der Waals surface area contributed by atoms with Crippen molar-refractivity contribution in [2.45, 2.75) is 63.5 Å². The van der Waals surface area contributed by atoms with Gasteiger partial charge in [-0.3, -0.25) is 9.59 Å². The number of rotatable bonds is 8. The molecule has 0 saturated heterocycles. The SMILES string of the molecule is NC(=O)NC(CC1CCCC1=O)C(=O)O.NC(=O)NC(CC1CCCC1=O)C(=O)O. The Kier molecular flexibility index (Phi) is 9.72. The van der Waals surface area contributed by atoms with Crippen molar-refractivity contribution in [2.75, 3.05) is 0 Å². The molecule has 0 heterocycles. The Labute approximate surface area is 172 Å². The van der Waals surface area contributed by atoms with Gasteiger partial charge in [0, 0.05) is 24.7 Å². The number of ketones is 2. The molecule has 4 unspecified atom stereocenters. The van der Waals surface area contributed by atoms with Gasteiger partial charge in [-0.05, 0) is 38.5 Å². The first-order chi connectivity index (χ1) is 14.0. The second-order valence-electron chi connectivity index (χ2n) is 7.38. The minimum Gasteiger partial charge on any atom is -0.480 e. The highest BCUT2D eigenvalue weighted by molar-refractivity contribution is 5.86. The summed E-state index contributed by atoms with van der Waals surface area (Å²) in [6, 6.07) is -3.88. The summed E-state index contributed by atoms with van der Waals surface area (Å²) in [7, 11) is 0. The zero-order valence-corrected chi connectivity index (χ0v) is 16.5. The Hall–Kier alpha value is -3.18. The van der Waals surface area contributed by atoms with Crippen LogP contribution in [0.25, 0.3) is 0 Å². The first-order valence-electron chi connectivity index (χ1n) is 9.64. The molecule has 0 radical (unpaired) electrons. The van der Waals surface area contributed by atoms with Crippen molar-refractivity contribution in [3.8, 4) is 0 Å². The zero-order valence-electron chi connectivity index (χ0n) is 16.5. The Morgan fingerprint density at radius 1 is 0.800 bits per heavy atom. The fourth-order valence-electron chi connectivity index (χ4n) is 3.63. The molecular weight excluding hydrogens is 400 g/mol. The normalized spacial score (nSPS) is 22.4. The highest BCUT2D eigenvalue weighted by atomic mass is 16.4. The average Bonchev–Trinajstić information content (AvgIpc) is 3.22. The van der Waals surface area contributed by atoms with E-state index in [-0.39, 0.29) is 36.2 Å². The first kappa shape index (κ1) is 24.9. The molecule has 2 aliphatic carbocycles. The second-order valence-corrected chi connectivity index (χ2v) is 7.38. The number of carbonyl (C=O) groups excluding carboxylic acids is 4. The van der Waals surface area contributed by atoms with Gasteiger partial charge < -0.3 is 32.3 Å². The third-order valence-electron chi connectivity index (χ3n) is 5.13. The Balaban J connectivity index is 0.000000300. The number of aliphatic carboxylic acids is 2. The maximum atomic E-state index is 11.3. The monoisotopic (exact) mass is 428 g/mol. The molecule has 168 valence electrons. The summed E-state index contributed by atoms with van der Waals surface area (Å²) < 4.78 is 0. The van der Waals surface area contributed by atoms with E-state index in [0.29, 0.717) is 25.7 Å². The van der Waals surface area contributed by atoms with Crippen molar-refractivity contribution in [3.63, 3.8) is 0 Å². The number of Topliss-reactive ketones (excluding diaryl/α,β-unsaturated/α-hetero) is 2. The molecule has 12 nitrogen and oxygen atoms in total. The lowest BCUT2D eigenvalue weighted by atomic mass is 9.97. The summed E-state index contributed by atoms with van der Waals surface area (Å²) >= 11 is 0. The van der Waals surface area contributed by atoms with Crippen LogP contribution in [0.4, 0.5) is 9.59 Å². The van der Waals surface area contributed by atoms with Gasteiger partial charge in [0.05, 0.1) is 0 Å². The van der Waals surface area contributed by atoms with E-state index < -0.39 is 36.1 Å². The molecule has 2 saturated carbocycles. The van der Waals surface area contributed by atoms with Crippen molar-refractivity contribution in [1.29, 1.82) is 0 Å². The number of primary amides is 2. The van der Waals surface area contributed by atoms with Gasteiger partial charge in [-0.15, -0.1) is 0 Å². The maximum Gasteiger partial charge on any atom is 0.326 e. The van der Waals surface area contributed by atoms with Crippen LogP contribution in [0.2, 0.25) is 0 Å². The lowest BCUT2D eigenvalue weighted by Gasteiger charge is -2.15. The molecule has 12 heteroatoms. The predicted molar refractivity (Wildman–Crippen MR) is 102 cm³/mol. The van der Waals surface area contributed by atoms with Gasteiger partial charge in [0.25, 0.3) is 0 Å². The molecular formula is C18H28N4O8. The number of carboxylic acid groups (broad SMARTS) is 2. The summed E-state index contributed by atoms with van der Waals surface area (Å²) in [5.41, 5.74) is 9.68. The molecule has 2 aliphatic rings. The van der Waals surface area contributed by atoms with Crippen LogP contribution in [-0.2, 0) is 19.2 Å². The predicted octanol–water partition coefficient (Wildman–Crippen LogP) is -0.266. The number of hydrogen-bond donors (Lipinski definition) is 6. The lowest BCUT2D eigenvalue weighted by Crippen LogP contribution is -2.44. The standard InChI is InChI=1S/2C9H14N2O4/c2*10-9(15)11-6(8(13)14)4-5-2-1-3-7(5)12/h2*5-6H,1-4H2,(H,13,14)(H3,10,11,15). The van der Waals surface area contributed by atoms with Gasteiger partial charge >= 0.3 is 24.0 Å². The van der Waals surface area contributed by atoms with Crippen molar-refractivity contribution < 1.29 is 39.0 Å². The average molecular weight is 428 g/mol. The van der Waals surface area contributed by atoms with Gasteiger partial charge in [0.15, 0.2) is 0 Å². The van der Waals surface area contributed by atoms with Crippen molar-refractivity contribution >= 4 is 35.6 Å². The molecule has 0 aliphatic heterocycles. The van der Waals surface area contributed by atoms with E-state index in [1.54, 1.807) is 0 Å². The Morgan fingerprint density at radius 2 is 1.13 bits per heavy atom. The van der Waals surface area contributed by atoms with Crippen LogP contribution < -0.4 is 22.1 Å². The van der Waals surface area contributed by atoms with Crippen LogP contribution in [0.3, 0.4) is 0 Å². The largest absolute Gasteiger partial charge is 0.480 e. The summed E-state index contributed by atoms with van der Waals surface area (Å²) in [6.07, 6.45) is 4.28. The molecule has 0 bridgehead atoms. The van der Waals surface area contributed by atoms with Gasteiger partial charge in [-0.2, -0.15) is 0 Å². The summed E-state index contributed by atoms with van der Waals surface area (Å²) in [5, 5.41) is 21.8. The fourth-order valence-corrected chi connectivity index (χ4v) is 3.63. The van der Waals surface area contributed by atoms with E-state index >= 15 is 0 Å². The zero-order chi connectivity index (χ0) is 22.8. The Morgan fingerprint density at radius 3 is 1.33 bits per heavy atom. The smallest absolute Gasteiger partial charge is 0.326 e. The van der Waals surface area contributed by atoms with Gasteiger partial charge in [0.2, 0.25) is 0 Å². The van der Waals surface area contributed by atoms with Crippen molar-refractivity contribution in [1.82, 2.24) is 10.6 Å². The van der Waals surface area contributed by atoms with Gasteiger partial charge in [-0.1, -0.05) is 0 Å². The van der Waals surface area contributed by atoms with E-state index in [9.17, 15) is 28.8 Å². The van der Waals surface area contributed by atoms with Crippen LogP contribution >= 0.6 is 0 Å². The van der Waals surface area contributed by atoms with E-state index in [1.807, 2.05) is 0 Å². The minimum absolute atomic E-state index is 0.0764. The lowest BCUT2D eigenvalue weighted by molar-refractivity contribution is -0.141. The number of nitrogens with one attached hydrogen (secondary N) is 2. The molecule has 0 spiro atoms. The number of amides is 4. The molecule has 8 N–H and O–H groups in total. The Bertz CT molecular complexity index is 638. The number of nitrogens with two attached hydrogens (primary N) is 2. The highest BCUT2D eigenvalue weighted by Crippen LogP contribution is 2.26. The third kappa shape index (κ3) is 8.45. The highest BCUT2D eigenvalue weighted by Gasteiger charge is 2.31. The summed E-state index contributed by atoms with van der Waals surface area (Å²) in [5.74, 6) is -2.67. The van der Waals surface area contributed by atoms with E-state index in [2.05, 4.69) is 10.6 Å². The summed E-state index contributed by atoms with van der Waals surface area (Å²) in [6.45, 7) is 0. The van der Waals surface area contributed by atoms with Crippen LogP contribution in [0.15, 0.2) is 0 Å². The van der Waals surface area contributed by atoms with E-state index in [0.717, 1.165) is 12.8 Å². The van der Waals surface area contributed by atoms with Gasteiger partial charge in [0.1, 0.15) is 23.7 Å². The van der Waals surface area contributed by atoms with E-state index in [1.165, 1.54) is 0 Å². The fraction of sp³-hybridized carbons (Fsp3) is 0.667. The van der Waals surface area contributed by atoms with Crippen LogP contribution in [-0.4, -0.2) is 57.9 Å². The molecule has 0 aromatic heterocycles.